The van der Waals surface area contributed by atoms with Gasteiger partial charge in [-0.25, -0.2) is 0 Å². The molecular formula is C18H23NO3. The lowest BCUT2D eigenvalue weighted by Gasteiger charge is -2.16. The summed E-state index contributed by atoms with van der Waals surface area (Å²) < 4.78 is 0. The predicted octanol–water partition coefficient (Wildman–Crippen LogP) is 2.85. The van der Waals surface area contributed by atoms with Crippen molar-refractivity contribution in [1.82, 2.24) is 4.90 Å². The first-order valence-electron chi connectivity index (χ1n) is 8.09. The third-order valence-corrected chi connectivity index (χ3v) is 4.99. The number of nitrogens with zero attached hydrogens (tertiary/aromatic N) is 1. The van der Waals surface area contributed by atoms with E-state index < -0.39 is 5.97 Å². The molecule has 4 heteroatoms. The summed E-state index contributed by atoms with van der Waals surface area (Å²) in [6.07, 6.45) is 1.48. The summed E-state index contributed by atoms with van der Waals surface area (Å²) >= 11 is 0. The smallest absolute Gasteiger partial charge is 0.308 e. The molecule has 0 unspecified atom stereocenters. The van der Waals surface area contributed by atoms with Gasteiger partial charge in [-0.2, -0.15) is 0 Å². The Morgan fingerprint density at radius 2 is 1.91 bits per heavy atom. The predicted molar refractivity (Wildman–Crippen MR) is 83.7 cm³/mol. The van der Waals surface area contributed by atoms with Gasteiger partial charge in [0.05, 0.1) is 5.92 Å². The van der Waals surface area contributed by atoms with E-state index >= 15 is 0 Å². The minimum atomic E-state index is -0.785. The van der Waals surface area contributed by atoms with Crippen LogP contribution in [0.5, 0.6) is 0 Å². The molecule has 1 N–H and O–H groups in total. The second kappa shape index (κ2) is 5.75. The van der Waals surface area contributed by atoms with E-state index in [-0.39, 0.29) is 17.7 Å². The van der Waals surface area contributed by atoms with E-state index in [1.807, 2.05) is 0 Å². The van der Waals surface area contributed by atoms with Gasteiger partial charge in [0.1, 0.15) is 0 Å². The normalized spacial score (nSPS) is 27.2. The molecular weight excluding hydrogens is 278 g/mol. The maximum Gasteiger partial charge on any atom is 0.308 e. The molecule has 2 aliphatic rings. The van der Waals surface area contributed by atoms with Gasteiger partial charge in [0.25, 0.3) is 0 Å². The Morgan fingerprint density at radius 1 is 1.23 bits per heavy atom. The number of rotatable bonds is 4. The zero-order chi connectivity index (χ0) is 15.9. The fraction of sp³-hybridized carbons (Fsp3) is 0.556. The van der Waals surface area contributed by atoms with Crippen LogP contribution in [0.4, 0.5) is 0 Å². The molecule has 0 spiro atoms. The summed E-state index contributed by atoms with van der Waals surface area (Å²) in [7, 11) is 0. The van der Waals surface area contributed by atoms with E-state index in [4.69, 9.17) is 5.11 Å². The van der Waals surface area contributed by atoms with Crippen LogP contribution in [-0.2, 0) is 9.59 Å². The number of carbonyl (C=O) groups is 2. The summed E-state index contributed by atoms with van der Waals surface area (Å²) in [6.45, 7) is 5.31. The zero-order valence-electron chi connectivity index (χ0n) is 13.2. The fourth-order valence-corrected chi connectivity index (χ4v) is 3.36. The van der Waals surface area contributed by atoms with Gasteiger partial charge < -0.3 is 10.0 Å². The first-order chi connectivity index (χ1) is 10.5. The monoisotopic (exact) mass is 301 g/mol. The number of aliphatic carboxylic acids is 1. The molecule has 1 saturated carbocycles. The van der Waals surface area contributed by atoms with Crippen LogP contribution in [0.1, 0.15) is 49.7 Å². The molecule has 1 heterocycles. The molecule has 4 nitrogen and oxygen atoms in total. The number of amides is 1. The van der Waals surface area contributed by atoms with Gasteiger partial charge >= 0.3 is 5.97 Å². The van der Waals surface area contributed by atoms with E-state index in [2.05, 4.69) is 38.1 Å². The van der Waals surface area contributed by atoms with Gasteiger partial charge in [-0.1, -0.05) is 38.1 Å². The summed E-state index contributed by atoms with van der Waals surface area (Å²) in [4.78, 5) is 25.2. The number of benzene rings is 1. The van der Waals surface area contributed by atoms with Gasteiger partial charge in [0.15, 0.2) is 0 Å². The highest BCUT2D eigenvalue weighted by atomic mass is 16.4. The molecule has 0 radical (unpaired) electrons. The average Bonchev–Trinajstić information content (AvgIpc) is 3.14. The largest absolute Gasteiger partial charge is 0.481 e. The molecule has 1 aromatic carbocycles. The number of hydrogen-bond donors (Lipinski definition) is 1. The van der Waals surface area contributed by atoms with Crippen molar-refractivity contribution in [1.29, 1.82) is 0 Å². The lowest BCUT2D eigenvalue weighted by molar-refractivity contribution is -0.141. The van der Waals surface area contributed by atoms with Crippen LogP contribution in [0.25, 0.3) is 0 Å². The van der Waals surface area contributed by atoms with Crippen molar-refractivity contribution < 1.29 is 14.7 Å². The SMILES string of the molecule is CC(C)c1ccc([C@@H]2C[C@@H]2C(=O)N2CC[C@H](C(=O)O)C2)cc1. The molecule has 0 aromatic heterocycles. The van der Waals surface area contributed by atoms with Crippen LogP contribution in [0, 0.1) is 11.8 Å². The van der Waals surface area contributed by atoms with Crippen molar-refractivity contribution in [2.45, 2.75) is 38.5 Å². The molecule has 1 saturated heterocycles. The molecule has 1 aromatic rings. The highest BCUT2D eigenvalue weighted by Gasteiger charge is 2.47. The Balaban J connectivity index is 1.60. The Morgan fingerprint density at radius 3 is 2.45 bits per heavy atom. The summed E-state index contributed by atoms with van der Waals surface area (Å²) in [6, 6.07) is 8.57. The van der Waals surface area contributed by atoms with Gasteiger partial charge in [0, 0.05) is 19.0 Å². The number of carboxylic acid groups (broad SMARTS) is 1. The number of carboxylic acids is 1. The maximum absolute atomic E-state index is 12.5. The second-order valence-electron chi connectivity index (χ2n) is 6.88. The Hall–Kier alpha value is -1.84. The van der Waals surface area contributed by atoms with E-state index in [1.54, 1.807) is 4.90 Å². The lowest BCUT2D eigenvalue weighted by atomic mass is 10.00. The third kappa shape index (κ3) is 2.87. The third-order valence-electron chi connectivity index (χ3n) is 4.99. The highest BCUT2D eigenvalue weighted by Crippen LogP contribution is 2.49. The lowest BCUT2D eigenvalue weighted by Crippen LogP contribution is -2.31. The second-order valence-corrected chi connectivity index (χ2v) is 6.88. The van der Waals surface area contributed by atoms with Gasteiger partial charge in [0.2, 0.25) is 5.91 Å². The van der Waals surface area contributed by atoms with Crippen LogP contribution in [-0.4, -0.2) is 35.0 Å². The summed E-state index contributed by atoms with van der Waals surface area (Å²) in [5.74, 6) is -0.140. The molecule has 1 aliphatic heterocycles. The van der Waals surface area contributed by atoms with E-state index in [9.17, 15) is 9.59 Å². The van der Waals surface area contributed by atoms with Gasteiger partial charge in [-0.05, 0) is 35.8 Å². The number of carbonyl (C=O) groups excluding carboxylic acids is 1. The van der Waals surface area contributed by atoms with Crippen LogP contribution in [0.2, 0.25) is 0 Å². The molecule has 22 heavy (non-hydrogen) atoms. The van der Waals surface area contributed by atoms with E-state index in [1.165, 1.54) is 11.1 Å². The topological polar surface area (TPSA) is 57.6 Å². The first kappa shape index (κ1) is 15.1. The Kier molecular flexibility index (Phi) is 3.94. The first-order valence-corrected chi connectivity index (χ1v) is 8.09. The quantitative estimate of drug-likeness (QED) is 0.930. The standard InChI is InChI=1S/C18H23NO3/c1-11(2)12-3-5-13(6-4-12)15-9-16(15)17(20)19-8-7-14(10-19)18(21)22/h3-6,11,14-16H,7-10H2,1-2H3,(H,21,22)/t14-,15-,16-/m0/s1. The van der Waals surface area contributed by atoms with Crippen molar-refractivity contribution in [3.05, 3.63) is 35.4 Å². The van der Waals surface area contributed by atoms with Crippen molar-refractivity contribution >= 4 is 11.9 Å². The average molecular weight is 301 g/mol. The maximum atomic E-state index is 12.5. The van der Waals surface area contributed by atoms with Crippen LogP contribution in [0.15, 0.2) is 24.3 Å². The highest BCUT2D eigenvalue weighted by molar-refractivity contribution is 5.84. The Bertz CT molecular complexity index is 578. The minimum absolute atomic E-state index is 0.0532. The van der Waals surface area contributed by atoms with Crippen LogP contribution < -0.4 is 0 Å². The van der Waals surface area contributed by atoms with Gasteiger partial charge in [-0.15, -0.1) is 0 Å². The minimum Gasteiger partial charge on any atom is -0.481 e. The molecule has 0 bridgehead atoms. The number of likely N-dealkylation sites (tertiary alicyclic amines) is 1. The van der Waals surface area contributed by atoms with Crippen molar-refractivity contribution in [2.75, 3.05) is 13.1 Å². The molecule has 3 rings (SSSR count). The van der Waals surface area contributed by atoms with Crippen molar-refractivity contribution in [3.8, 4) is 0 Å². The molecule has 1 amide bonds. The number of hydrogen-bond acceptors (Lipinski definition) is 2. The van der Waals surface area contributed by atoms with Crippen molar-refractivity contribution in [2.24, 2.45) is 11.8 Å². The molecule has 3 atom stereocenters. The molecule has 2 fully saturated rings. The zero-order valence-corrected chi connectivity index (χ0v) is 13.2. The fourth-order valence-electron chi connectivity index (χ4n) is 3.36. The molecule has 118 valence electrons. The van der Waals surface area contributed by atoms with Crippen LogP contribution in [0.3, 0.4) is 0 Å². The van der Waals surface area contributed by atoms with Crippen molar-refractivity contribution in [3.63, 3.8) is 0 Å². The van der Waals surface area contributed by atoms with E-state index in [0.29, 0.717) is 31.3 Å². The summed E-state index contributed by atoms with van der Waals surface area (Å²) in [5, 5.41) is 9.03. The van der Waals surface area contributed by atoms with Gasteiger partial charge in [-0.3, -0.25) is 9.59 Å². The van der Waals surface area contributed by atoms with Crippen LogP contribution >= 0.6 is 0 Å². The Labute approximate surface area is 131 Å². The molecule has 1 aliphatic carbocycles. The summed E-state index contributed by atoms with van der Waals surface area (Å²) in [5.41, 5.74) is 2.55. The van der Waals surface area contributed by atoms with E-state index in [0.717, 1.165) is 6.42 Å².